The lowest BCUT2D eigenvalue weighted by atomic mass is 9.96. The van der Waals surface area contributed by atoms with Crippen LogP contribution in [-0.4, -0.2) is 24.6 Å². The predicted molar refractivity (Wildman–Crippen MR) is 84.1 cm³/mol. The summed E-state index contributed by atoms with van der Waals surface area (Å²) in [5.41, 5.74) is 5.69. The van der Waals surface area contributed by atoms with Gasteiger partial charge in [-0.3, -0.25) is 4.79 Å². The van der Waals surface area contributed by atoms with Crippen molar-refractivity contribution in [2.75, 3.05) is 13.2 Å². The summed E-state index contributed by atoms with van der Waals surface area (Å²) in [6.07, 6.45) is 5.03. The first-order valence-electron chi connectivity index (χ1n) is 7.85. The van der Waals surface area contributed by atoms with Crippen molar-refractivity contribution < 1.29 is 9.53 Å². The first-order valence-corrected chi connectivity index (χ1v) is 7.85. The van der Waals surface area contributed by atoms with Crippen LogP contribution in [-0.2, 0) is 4.79 Å². The van der Waals surface area contributed by atoms with Gasteiger partial charge in [0.1, 0.15) is 5.75 Å². The lowest BCUT2D eigenvalue weighted by Crippen LogP contribution is -2.53. The van der Waals surface area contributed by atoms with Crippen molar-refractivity contribution in [3.8, 4) is 5.75 Å². The number of ether oxygens (including phenoxy) is 1. The molecule has 1 aromatic carbocycles. The van der Waals surface area contributed by atoms with Crippen LogP contribution < -0.4 is 15.8 Å². The molecule has 1 aromatic rings. The SMILES string of the molecule is CC(CCOc1ccccc1)C(=O)NC1(CN)CCCC1. The highest BCUT2D eigenvalue weighted by molar-refractivity contribution is 5.79. The van der Waals surface area contributed by atoms with Crippen LogP contribution in [0.3, 0.4) is 0 Å². The highest BCUT2D eigenvalue weighted by Gasteiger charge is 2.34. The van der Waals surface area contributed by atoms with Crippen LogP contribution in [0.25, 0.3) is 0 Å². The van der Waals surface area contributed by atoms with Crippen molar-refractivity contribution in [2.24, 2.45) is 11.7 Å². The fraction of sp³-hybridized carbons (Fsp3) is 0.588. The molecule has 1 aliphatic carbocycles. The zero-order valence-corrected chi connectivity index (χ0v) is 12.8. The van der Waals surface area contributed by atoms with E-state index in [1.807, 2.05) is 37.3 Å². The summed E-state index contributed by atoms with van der Waals surface area (Å²) in [4.78, 5) is 12.3. The van der Waals surface area contributed by atoms with Gasteiger partial charge in [-0.2, -0.15) is 0 Å². The molecule has 0 aliphatic heterocycles. The number of hydrogen-bond donors (Lipinski definition) is 2. The van der Waals surface area contributed by atoms with Crippen LogP contribution in [0.1, 0.15) is 39.0 Å². The van der Waals surface area contributed by atoms with Crippen molar-refractivity contribution in [2.45, 2.75) is 44.6 Å². The van der Waals surface area contributed by atoms with E-state index < -0.39 is 0 Å². The smallest absolute Gasteiger partial charge is 0.223 e. The Morgan fingerprint density at radius 3 is 2.62 bits per heavy atom. The van der Waals surface area contributed by atoms with Crippen molar-refractivity contribution in [1.29, 1.82) is 0 Å². The van der Waals surface area contributed by atoms with Gasteiger partial charge in [-0.25, -0.2) is 0 Å². The van der Waals surface area contributed by atoms with E-state index >= 15 is 0 Å². The molecule has 1 fully saturated rings. The number of nitrogens with one attached hydrogen (secondary N) is 1. The molecule has 0 saturated heterocycles. The Hall–Kier alpha value is -1.55. The molecule has 4 nitrogen and oxygen atoms in total. The lowest BCUT2D eigenvalue weighted by Gasteiger charge is -2.30. The number of carbonyl (C=O) groups excluding carboxylic acids is 1. The van der Waals surface area contributed by atoms with Gasteiger partial charge in [-0.05, 0) is 31.4 Å². The van der Waals surface area contributed by atoms with E-state index in [-0.39, 0.29) is 17.4 Å². The Bertz CT molecular complexity index is 441. The van der Waals surface area contributed by atoms with Crippen LogP contribution in [0.15, 0.2) is 30.3 Å². The standard InChI is InChI=1S/C17H26N2O2/c1-14(9-12-21-15-7-3-2-4-8-15)16(20)19-17(13-18)10-5-6-11-17/h2-4,7-8,14H,5-6,9-13,18H2,1H3,(H,19,20). The van der Waals surface area contributed by atoms with Gasteiger partial charge in [0.2, 0.25) is 5.91 Å². The Morgan fingerprint density at radius 1 is 1.33 bits per heavy atom. The zero-order valence-electron chi connectivity index (χ0n) is 12.8. The van der Waals surface area contributed by atoms with Gasteiger partial charge < -0.3 is 15.8 Å². The molecule has 0 aromatic heterocycles. The molecule has 0 bridgehead atoms. The van der Waals surface area contributed by atoms with Gasteiger partial charge in [0.25, 0.3) is 0 Å². The molecule has 2 rings (SSSR count). The van der Waals surface area contributed by atoms with Gasteiger partial charge in [-0.15, -0.1) is 0 Å². The Balaban J connectivity index is 1.75. The fourth-order valence-corrected chi connectivity index (χ4v) is 2.82. The first kappa shape index (κ1) is 15.8. The summed E-state index contributed by atoms with van der Waals surface area (Å²) in [5, 5.41) is 3.17. The molecule has 0 radical (unpaired) electrons. The third kappa shape index (κ3) is 4.46. The minimum absolute atomic E-state index is 0.0577. The maximum Gasteiger partial charge on any atom is 0.223 e. The van der Waals surface area contributed by atoms with E-state index in [0.717, 1.165) is 31.4 Å². The highest BCUT2D eigenvalue weighted by atomic mass is 16.5. The zero-order chi connectivity index (χ0) is 15.1. The first-order chi connectivity index (χ1) is 10.2. The number of rotatable bonds is 7. The number of hydrogen-bond acceptors (Lipinski definition) is 3. The Morgan fingerprint density at radius 2 is 2.00 bits per heavy atom. The molecule has 1 aliphatic rings. The maximum absolute atomic E-state index is 12.3. The second-order valence-corrected chi connectivity index (χ2v) is 6.03. The van der Waals surface area contributed by atoms with E-state index in [1.54, 1.807) is 0 Å². The van der Waals surface area contributed by atoms with Crippen molar-refractivity contribution in [3.05, 3.63) is 30.3 Å². The molecule has 116 valence electrons. The van der Waals surface area contributed by atoms with Crippen LogP contribution >= 0.6 is 0 Å². The number of amides is 1. The molecule has 1 atom stereocenters. The van der Waals surface area contributed by atoms with Crippen LogP contribution in [0.4, 0.5) is 0 Å². The van der Waals surface area contributed by atoms with Crippen LogP contribution in [0.5, 0.6) is 5.75 Å². The summed E-state index contributed by atoms with van der Waals surface area (Å²) >= 11 is 0. The maximum atomic E-state index is 12.3. The molecule has 1 amide bonds. The monoisotopic (exact) mass is 290 g/mol. The second kappa shape index (κ2) is 7.46. The van der Waals surface area contributed by atoms with Gasteiger partial charge in [0.05, 0.1) is 12.1 Å². The molecule has 1 unspecified atom stereocenters. The lowest BCUT2D eigenvalue weighted by molar-refractivity contribution is -0.126. The molecule has 21 heavy (non-hydrogen) atoms. The van der Waals surface area contributed by atoms with E-state index in [1.165, 1.54) is 0 Å². The summed E-state index contributed by atoms with van der Waals surface area (Å²) in [7, 11) is 0. The van der Waals surface area contributed by atoms with Gasteiger partial charge in [0.15, 0.2) is 0 Å². The third-order valence-electron chi connectivity index (χ3n) is 4.35. The number of carbonyl (C=O) groups is 1. The van der Waals surface area contributed by atoms with Gasteiger partial charge >= 0.3 is 0 Å². The van der Waals surface area contributed by atoms with Crippen molar-refractivity contribution >= 4 is 5.91 Å². The minimum atomic E-state index is -0.161. The molecule has 3 N–H and O–H groups in total. The third-order valence-corrected chi connectivity index (χ3v) is 4.35. The topological polar surface area (TPSA) is 64.3 Å². The van der Waals surface area contributed by atoms with Gasteiger partial charge in [-0.1, -0.05) is 38.0 Å². The Labute approximate surface area is 127 Å². The second-order valence-electron chi connectivity index (χ2n) is 6.03. The minimum Gasteiger partial charge on any atom is -0.494 e. The highest BCUT2D eigenvalue weighted by Crippen LogP contribution is 2.29. The van der Waals surface area contributed by atoms with E-state index in [0.29, 0.717) is 19.6 Å². The van der Waals surface area contributed by atoms with E-state index in [2.05, 4.69) is 5.32 Å². The van der Waals surface area contributed by atoms with Gasteiger partial charge in [0, 0.05) is 12.5 Å². The molecular formula is C17H26N2O2. The van der Waals surface area contributed by atoms with Crippen molar-refractivity contribution in [3.63, 3.8) is 0 Å². The number of nitrogens with two attached hydrogens (primary N) is 1. The number of benzene rings is 1. The van der Waals surface area contributed by atoms with Crippen LogP contribution in [0.2, 0.25) is 0 Å². The molecular weight excluding hydrogens is 264 g/mol. The average Bonchev–Trinajstić information content (AvgIpc) is 2.97. The van der Waals surface area contributed by atoms with Crippen molar-refractivity contribution in [1.82, 2.24) is 5.32 Å². The Kier molecular flexibility index (Phi) is 5.62. The van der Waals surface area contributed by atoms with E-state index in [9.17, 15) is 4.79 Å². The largest absolute Gasteiger partial charge is 0.494 e. The average molecular weight is 290 g/mol. The summed E-state index contributed by atoms with van der Waals surface area (Å²) < 4.78 is 5.64. The summed E-state index contributed by atoms with van der Waals surface area (Å²) in [6.45, 7) is 3.03. The molecule has 4 heteroatoms. The summed E-state index contributed by atoms with van der Waals surface area (Å²) in [5.74, 6) is 0.885. The fourth-order valence-electron chi connectivity index (χ4n) is 2.82. The molecule has 1 saturated carbocycles. The summed E-state index contributed by atoms with van der Waals surface area (Å²) in [6, 6.07) is 9.68. The number of para-hydroxylation sites is 1. The van der Waals surface area contributed by atoms with E-state index in [4.69, 9.17) is 10.5 Å². The quantitative estimate of drug-likeness (QED) is 0.811. The predicted octanol–water partition coefficient (Wildman–Crippen LogP) is 2.48. The molecule has 0 heterocycles. The van der Waals surface area contributed by atoms with Crippen LogP contribution in [0, 0.1) is 5.92 Å². The normalized spacial score (nSPS) is 18.2. The molecule has 0 spiro atoms.